The number of amides is 1. The molecule has 1 N–H and O–H groups in total. The van der Waals surface area contributed by atoms with Crippen molar-refractivity contribution < 1.29 is 14.7 Å². The molecular formula is C15H18ClNO3. The van der Waals surface area contributed by atoms with E-state index in [1.54, 1.807) is 24.1 Å². The lowest BCUT2D eigenvalue weighted by Crippen LogP contribution is -2.31. The van der Waals surface area contributed by atoms with E-state index >= 15 is 0 Å². The number of rotatable bonds is 4. The highest BCUT2D eigenvalue weighted by atomic mass is 35.5. The van der Waals surface area contributed by atoms with Crippen molar-refractivity contribution in [3.8, 4) is 0 Å². The Balaban J connectivity index is 1.92. The number of hydrogen-bond donors (Lipinski definition) is 1. The molecule has 0 unspecified atom stereocenters. The molecule has 1 saturated carbocycles. The maximum Gasteiger partial charge on any atom is 0.306 e. The normalized spacial score (nSPS) is 21.7. The highest BCUT2D eigenvalue weighted by molar-refractivity contribution is 6.30. The molecule has 108 valence electrons. The van der Waals surface area contributed by atoms with Crippen molar-refractivity contribution in [1.29, 1.82) is 0 Å². The summed E-state index contributed by atoms with van der Waals surface area (Å²) in [5, 5.41) is 9.64. The van der Waals surface area contributed by atoms with Gasteiger partial charge < -0.3 is 10.0 Å². The summed E-state index contributed by atoms with van der Waals surface area (Å²) in [5.41, 5.74) is 1.01. The lowest BCUT2D eigenvalue weighted by Gasteiger charge is -2.21. The zero-order chi connectivity index (χ0) is 14.7. The van der Waals surface area contributed by atoms with Crippen LogP contribution in [-0.2, 0) is 16.1 Å². The molecule has 5 heteroatoms. The molecule has 1 fully saturated rings. The van der Waals surface area contributed by atoms with E-state index in [4.69, 9.17) is 16.7 Å². The zero-order valence-corrected chi connectivity index (χ0v) is 12.1. The molecule has 0 heterocycles. The van der Waals surface area contributed by atoms with Gasteiger partial charge in [0.2, 0.25) is 5.91 Å². The van der Waals surface area contributed by atoms with Crippen LogP contribution in [0.1, 0.15) is 24.8 Å². The minimum absolute atomic E-state index is 0.0312. The van der Waals surface area contributed by atoms with E-state index < -0.39 is 5.97 Å². The number of carbonyl (C=O) groups is 2. The maximum atomic E-state index is 12.3. The van der Waals surface area contributed by atoms with E-state index in [0.29, 0.717) is 30.8 Å². The molecule has 0 radical (unpaired) electrons. The van der Waals surface area contributed by atoms with E-state index in [0.717, 1.165) is 5.56 Å². The number of carboxylic acid groups (broad SMARTS) is 1. The summed E-state index contributed by atoms with van der Waals surface area (Å²) in [5.74, 6) is -1.29. The predicted octanol–water partition coefficient (Wildman–Crippen LogP) is 2.80. The first kappa shape index (κ1) is 14.9. The molecule has 0 aliphatic heterocycles. The first-order valence-corrected chi connectivity index (χ1v) is 7.07. The smallest absolute Gasteiger partial charge is 0.306 e. The first-order chi connectivity index (χ1) is 9.47. The van der Waals surface area contributed by atoms with Crippen molar-refractivity contribution in [3.05, 3.63) is 34.9 Å². The Hall–Kier alpha value is -1.55. The predicted molar refractivity (Wildman–Crippen MR) is 76.4 cm³/mol. The molecule has 1 aliphatic rings. The van der Waals surface area contributed by atoms with E-state index in [-0.39, 0.29) is 17.7 Å². The molecule has 0 spiro atoms. The van der Waals surface area contributed by atoms with E-state index in [9.17, 15) is 9.59 Å². The van der Waals surface area contributed by atoms with Gasteiger partial charge in [0.05, 0.1) is 5.92 Å². The minimum Gasteiger partial charge on any atom is -0.481 e. The molecule has 1 aromatic carbocycles. The lowest BCUT2D eigenvalue weighted by molar-refractivity contribution is -0.141. The van der Waals surface area contributed by atoms with Gasteiger partial charge in [-0.2, -0.15) is 0 Å². The van der Waals surface area contributed by atoms with Crippen LogP contribution in [0.5, 0.6) is 0 Å². The Kier molecular flexibility index (Phi) is 4.65. The molecule has 2 rings (SSSR count). The van der Waals surface area contributed by atoms with Gasteiger partial charge >= 0.3 is 5.97 Å². The highest BCUT2D eigenvalue weighted by Crippen LogP contribution is 2.32. The number of hydrogen-bond acceptors (Lipinski definition) is 2. The van der Waals surface area contributed by atoms with Crippen LogP contribution in [0.15, 0.2) is 24.3 Å². The van der Waals surface area contributed by atoms with Crippen molar-refractivity contribution in [2.24, 2.45) is 11.8 Å². The van der Waals surface area contributed by atoms with Crippen LogP contribution in [0.2, 0.25) is 5.02 Å². The standard InChI is InChI=1S/C15H18ClNO3/c1-17(9-10-2-6-13(16)7-3-10)14(18)11-4-5-12(8-11)15(19)20/h2-3,6-7,11-12H,4-5,8-9H2,1H3,(H,19,20)/t11-,12+/m1/s1. The molecule has 1 aromatic rings. The fourth-order valence-electron chi connectivity index (χ4n) is 2.68. The van der Waals surface area contributed by atoms with Crippen molar-refractivity contribution in [2.45, 2.75) is 25.8 Å². The Morgan fingerprint density at radius 3 is 2.40 bits per heavy atom. The second kappa shape index (κ2) is 6.27. The minimum atomic E-state index is -0.791. The van der Waals surface area contributed by atoms with E-state index in [1.165, 1.54) is 0 Å². The van der Waals surface area contributed by atoms with Crippen LogP contribution in [0.25, 0.3) is 0 Å². The van der Waals surface area contributed by atoms with Crippen LogP contribution in [0, 0.1) is 11.8 Å². The third-order valence-electron chi connectivity index (χ3n) is 3.84. The van der Waals surface area contributed by atoms with Gasteiger partial charge in [0.25, 0.3) is 0 Å². The van der Waals surface area contributed by atoms with Crippen LogP contribution >= 0.6 is 11.6 Å². The molecule has 0 saturated heterocycles. The Bertz CT molecular complexity index is 500. The molecule has 2 atom stereocenters. The summed E-state index contributed by atoms with van der Waals surface area (Å²) in [4.78, 5) is 24.9. The van der Waals surface area contributed by atoms with E-state index in [1.807, 2.05) is 12.1 Å². The summed E-state index contributed by atoms with van der Waals surface area (Å²) in [6.45, 7) is 0.518. The number of aliphatic carboxylic acids is 1. The maximum absolute atomic E-state index is 12.3. The van der Waals surface area contributed by atoms with Gasteiger partial charge in [0.15, 0.2) is 0 Å². The van der Waals surface area contributed by atoms with Crippen LogP contribution < -0.4 is 0 Å². The summed E-state index contributed by atoms with van der Waals surface area (Å²) in [6.07, 6.45) is 1.72. The first-order valence-electron chi connectivity index (χ1n) is 6.69. The molecular weight excluding hydrogens is 278 g/mol. The Labute approximate surface area is 123 Å². The molecule has 4 nitrogen and oxygen atoms in total. The number of benzene rings is 1. The molecule has 1 amide bonds. The SMILES string of the molecule is CN(Cc1ccc(Cl)cc1)C(=O)[C@@H]1CC[C@H](C(=O)O)C1. The van der Waals surface area contributed by atoms with Gasteiger partial charge in [-0.05, 0) is 37.0 Å². The monoisotopic (exact) mass is 295 g/mol. The van der Waals surface area contributed by atoms with Gasteiger partial charge in [-0.3, -0.25) is 9.59 Å². The quantitative estimate of drug-likeness (QED) is 0.929. The van der Waals surface area contributed by atoms with Crippen LogP contribution in [0.4, 0.5) is 0 Å². The van der Waals surface area contributed by atoms with Crippen molar-refractivity contribution in [3.63, 3.8) is 0 Å². The molecule has 1 aliphatic carbocycles. The molecule has 0 aromatic heterocycles. The topological polar surface area (TPSA) is 57.6 Å². The molecule has 20 heavy (non-hydrogen) atoms. The number of carboxylic acids is 1. The van der Waals surface area contributed by atoms with Gasteiger partial charge in [0.1, 0.15) is 0 Å². The van der Waals surface area contributed by atoms with E-state index in [2.05, 4.69) is 0 Å². The third-order valence-corrected chi connectivity index (χ3v) is 4.09. The number of halogens is 1. The molecule has 0 bridgehead atoms. The third kappa shape index (κ3) is 3.51. The number of carbonyl (C=O) groups excluding carboxylic acids is 1. The van der Waals surface area contributed by atoms with Crippen molar-refractivity contribution in [1.82, 2.24) is 4.90 Å². The summed E-state index contributed by atoms with van der Waals surface area (Å²) in [7, 11) is 1.75. The van der Waals surface area contributed by atoms with Crippen molar-refractivity contribution >= 4 is 23.5 Å². The fourth-order valence-corrected chi connectivity index (χ4v) is 2.81. The van der Waals surface area contributed by atoms with Crippen molar-refractivity contribution in [2.75, 3.05) is 7.05 Å². The summed E-state index contributed by atoms with van der Waals surface area (Å²) in [6, 6.07) is 7.37. The Morgan fingerprint density at radius 2 is 1.85 bits per heavy atom. The van der Waals surface area contributed by atoms with Gasteiger partial charge in [-0.25, -0.2) is 0 Å². The zero-order valence-electron chi connectivity index (χ0n) is 11.4. The Morgan fingerprint density at radius 1 is 1.25 bits per heavy atom. The van der Waals surface area contributed by atoms with Crippen LogP contribution in [0.3, 0.4) is 0 Å². The second-order valence-corrected chi connectivity index (χ2v) is 5.80. The fraction of sp³-hybridized carbons (Fsp3) is 0.467. The van der Waals surface area contributed by atoms with Gasteiger partial charge in [-0.1, -0.05) is 23.7 Å². The lowest BCUT2D eigenvalue weighted by atomic mass is 10.0. The second-order valence-electron chi connectivity index (χ2n) is 5.37. The summed E-state index contributed by atoms with van der Waals surface area (Å²) >= 11 is 5.82. The number of nitrogens with zero attached hydrogens (tertiary/aromatic N) is 1. The largest absolute Gasteiger partial charge is 0.481 e. The highest BCUT2D eigenvalue weighted by Gasteiger charge is 2.35. The summed E-state index contributed by atoms with van der Waals surface area (Å²) < 4.78 is 0. The average molecular weight is 296 g/mol. The van der Waals surface area contributed by atoms with Gasteiger partial charge in [0, 0.05) is 24.5 Å². The van der Waals surface area contributed by atoms with Gasteiger partial charge in [-0.15, -0.1) is 0 Å². The average Bonchev–Trinajstić information content (AvgIpc) is 2.90. The van der Waals surface area contributed by atoms with Crippen LogP contribution in [-0.4, -0.2) is 28.9 Å².